The molecule has 1 atom stereocenters. The van der Waals surface area contributed by atoms with Gasteiger partial charge in [0.25, 0.3) is 0 Å². The number of hydrogen-bond acceptors (Lipinski definition) is 3. The molecule has 0 saturated carbocycles. The summed E-state index contributed by atoms with van der Waals surface area (Å²) >= 11 is 0. The van der Waals surface area contributed by atoms with Gasteiger partial charge in [-0.3, -0.25) is 0 Å². The maximum Gasteiger partial charge on any atom is 0.189 e. The van der Waals surface area contributed by atoms with Crippen LogP contribution in [0.3, 0.4) is 0 Å². The first kappa shape index (κ1) is 16.2. The number of ether oxygens (including phenoxy) is 3. The third-order valence-electron chi connectivity index (χ3n) is 3.16. The zero-order chi connectivity index (χ0) is 13.8. The van der Waals surface area contributed by atoms with Crippen LogP contribution in [-0.4, -0.2) is 19.5 Å². The molecule has 2 aromatic carbocycles. The van der Waals surface area contributed by atoms with Gasteiger partial charge in [-0.2, -0.15) is 6.61 Å². The number of rotatable bonds is 6. The summed E-state index contributed by atoms with van der Waals surface area (Å²) in [6.07, 6.45) is 0.155. The van der Waals surface area contributed by atoms with Gasteiger partial charge in [0.1, 0.15) is 5.75 Å². The molecule has 0 radical (unpaired) electrons. The van der Waals surface area contributed by atoms with E-state index in [-0.39, 0.29) is 34.0 Å². The fraction of sp³-hybridized carbons (Fsp3) is 0.235. The number of hydrogen-bond donors (Lipinski definition) is 0. The molecule has 3 nitrogen and oxygen atoms in total. The Morgan fingerprint density at radius 1 is 1.00 bits per heavy atom. The van der Waals surface area contributed by atoms with Crippen molar-refractivity contribution < 1.29 is 35.3 Å². The second-order valence-corrected chi connectivity index (χ2v) is 4.83. The Labute approximate surface area is 139 Å². The maximum absolute atomic E-state index is 5.50. The van der Waals surface area contributed by atoms with Gasteiger partial charge in [-0.25, -0.2) is 0 Å². The van der Waals surface area contributed by atoms with Crippen molar-refractivity contribution in [3.8, 4) is 16.9 Å². The Morgan fingerprint density at radius 3 is 2.14 bits per heavy atom. The van der Waals surface area contributed by atoms with Gasteiger partial charge in [-0.05, 0) is 30.2 Å². The molecule has 0 N–H and O–H groups in total. The number of epoxide rings is 1. The Bertz CT molecular complexity index is 547. The summed E-state index contributed by atoms with van der Waals surface area (Å²) in [5.41, 5.74) is 3.65. The normalized spacial score (nSPS) is 16.1. The van der Waals surface area contributed by atoms with Crippen LogP contribution in [0.2, 0.25) is 0 Å². The van der Waals surface area contributed by atoms with Crippen molar-refractivity contribution in [1.29, 1.82) is 0 Å². The fourth-order valence-electron chi connectivity index (χ4n) is 1.90. The first-order valence-electron chi connectivity index (χ1n) is 6.68. The van der Waals surface area contributed by atoms with E-state index in [4.69, 9.17) is 14.2 Å². The van der Waals surface area contributed by atoms with Crippen LogP contribution in [-0.2, 0) is 30.5 Å². The van der Waals surface area contributed by atoms with Gasteiger partial charge in [0, 0.05) is 27.7 Å². The molecular weight excluding hydrogens is 436 g/mol. The molecule has 1 fully saturated rings. The Balaban J connectivity index is 0.00000161. The fourth-order valence-corrected chi connectivity index (χ4v) is 1.90. The third kappa shape index (κ3) is 4.96. The minimum absolute atomic E-state index is 0. The van der Waals surface area contributed by atoms with Gasteiger partial charge in [0.05, 0.1) is 0 Å². The molecule has 0 aromatic heterocycles. The Hall–Kier alpha value is -1.15. The average Bonchev–Trinajstić information content (AvgIpc) is 3.29. The molecule has 1 heterocycles. The van der Waals surface area contributed by atoms with E-state index in [9.17, 15) is 0 Å². The number of aryl methyl sites for hydroxylation is 1. The van der Waals surface area contributed by atoms with E-state index in [1.54, 1.807) is 6.61 Å². The SMILES string of the molecule is Cc1ccc(-c2ccc(OCOCC3[CH-]O3)cc2)cc1.[W]. The zero-order valence-electron chi connectivity index (χ0n) is 11.8. The van der Waals surface area contributed by atoms with E-state index in [2.05, 4.69) is 43.3 Å². The van der Waals surface area contributed by atoms with Gasteiger partial charge in [0.2, 0.25) is 0 Å². The van der Waals surface area contributed by atoms with Crippen LogP contribution < -0.4 is 4.74 Å². The topological polar surface area (TPSA) is 31.0 Å². The van der Waals surface area contributed by atoms with E-state index < -0.39 is 0 Å². The molecule has 0 spiro atoms. The average molecular weight is 453 g/mol. The Morgan fingerprint density at radius 2 is 1.57 bits per heavy atom. The van der Waals surface area contributed by atoms with E-state index in [1.165, 1.54) is 16.7 Å². The minimum Gasteiger partial charge on any atom is -0.568 e. The molecule has 3 rings (SSSR count). The summed E-state index contributed by atoms with van der Waals surface area (Å²) in [4.78, 5) is 0. The second-order valence-electron chi connectivity index (χ2n) is 4.83. The summed E-state index contributed by atoms with van der Waals surface area (Å²) in [5.74, 6) is 0.807. The summed E-state index contributed by atoms with van der Waals surface area (Å²) in [5, 5.41) is 0. The summed E-state index contributed by atoms with van der Waals surface area (Å²) in [6, 6.07) is 16.5. The van der Waals surface area contributed by atoms with Gasteiger partial charge in [-0.1, -0.05) is 48.1 Å². The second kappa shape index (κ2) is 7.74. The van der Waals surface area contributed by atoms with Crippen LogP contribution >= 0.6 is 0 Å². The van der Waals surface area contributed by atoms with Gasteiger partial charge in [0.15, 0.2) is 6.79 Å². The summed E-state index contributed by atoms with van der Waals surface area (Å²) < 4.78 is 15.7. The maximum atomic E-state index is 5.50. The van der Waals surface area contributed by atoms with Crippen LogP contribution in [0, 0.1) is 13.5 Å². The molecule has 1 saturated heterocycles. The molecule has 2 aromatic rings. The van der Waals surface area contributed by atoms with Crippen molar-refractivity contribution in [2.24, 2.45) is 0 Å². The minimum atomic E-state index is 0. The molecule has 4 heteroatoms. The number of benzene rings is 2. The van der Waals surface area contributed by atoms with Gasteiger partial charge < -0.3 is 14.2 Å². The molecule has 110 valence electrons. The first-order valence-corrected chi connectivity index (χ1v) is 6.68. The van der Waals surface area contributed by atoms with Crippen molar-refractivity contribution in [2.75, 3.05) is 13.4 Å². The predicted octanol–water partition coefficient (Wildman–Crippen LogP) is 3.57. The zero-order valence-corrected chi connectivity index (χ0v) is 14.8. The molecule has 0 aliphatic carbocycles. The van der Waals surface area contributed by atoms with E-state index in [0.717, 1.165) is 5.75 Å². The quantitative estimate of drug-likeness (QED) is 0.290. The Kier molecular flexibility index (Phi) is 5.98. The van der Waals surface area contributed by atoms with Crippen molar-refractivity contribution >= 4 is 0 Å². The van der Waals surface area contributed by atoms with Crippen molar-refractivity contribution in [3.05, 3.63) is 60.7 Å². The molecule has 1 aliphatic rings. The monoisotopic (exact) mass is 453 g/mol. The van der Waals surface area contributed by atoms with Crippen LogP contribution in [0.25, 0.3) is 11.1 Å². The molecule has 0 bridgehead atoms. The predicted molar refractivity (Wildman–Crippen MR) is 77.2 cm³/mol. The smallest absolute Gasteiger partial charge is 0.189 e. The van der Waals surface area contributed by atoms with E-state index >= 15 is 0 Å². The van der Waals surface area contributed by atoms with Crippen molar-refractivity contribution in [3.63, 3.8) is 0 Å². The van der Waals surface area contributed by atoms with Crippen LogP contribution in [0.1, 0.15) is 5.56 Å². The van der Waals surface area contributed by atoms with E-state index in [1.807, 2.05) is 12.1 Å². The van der Waals surface area contributed by atoms with Crippen LogP contribution in [0.5, 0.6) is 5.75 Å². The summed E-state index contributed by atoms with van der Waals surface area (Å²) in [6.45, 7) is 4.64. The first-order chi connectivity index (χ1) is 9.81. The largest absolute Gasteiger partial charge is 0.568 e. The summed E-state index contributed by atoms with van der Waals surface area (Å²) in [7, 11) is 0. The standard InChI is InChI=1S/C17H17O3.W/c1-13-2-4-14(5-3-13)15-6-8-16(9-7-15)20-12-18-10-17-11-19-17;/h2-9,11,17H,10,12H2,1H3;/q-1;. The molecule has 21 heavy (non-hydrogen) atoms. The molecular formula is C17H17O3W-. The van der Waals surface area contributed by atoms with E-state index in [0.29, 0.717) is 6.61 Å². The molecule has 1 aliphatic heterocycles. The van der Waals surface area contributed by atoms with Crippen LogP contribution in [0.15, 0.2) is 48.5 Å². The van der Waals surface area contributed by atoms with Gasteiger partial charge in [-0.15, -0.1) is 0 Å². The third-order valence-corrected chi connectivity index (χ3v) is 3.16. The van der Waals surface area contributed by atoms with Crippen molar-refractivity contribution in [1.82, 2.24) is 0 Å². The molecule has 0 amide bonds. The molecule has 1 unspecified atom stereocenters. The van der Waals surface area contributed by atoms with Crippen LogP contribution in [0.4, 0.5) is 0 Å². The van der Waals surface area contributed by atoms with Gasteiger partial charge >= 0.3 is 0 Å². The van der Waals surface area contributed by atoms with Crippen molar-refractivity contribution in [2.45, 2.75) is 13.0 Å².